The molecule has 27 heteroatoms. The largest absolute Gasteiger partial charge is 0.479 e. The van der Waals surface area contributed by atoms with Crippen LogP contribution in [-0.4, -0.2) is 200 Å². The van der Waals surface area contributed by atoms with Gasteiger partial charge in [0.05, 0.1) is 46.1 Å². The van der Waals surface area contributed by atoms with Crippen molar-refractivity contribution in [3.63, 3.8) is 0 Å². The minimum absolute atomic E-state index is 0.0122. The average Bonchev–Trinajstić information content (AvgIpc) is 4.22. The molecular formula is C56H64Cl2F2N10O13. The van der Waals surface area contributed by atoms with Crippen LogP contribution < -0.4 is 10.9 Å². The van der Waals surface area contributed by atoms with Crippen molar-refractivity contribution in [3.8, 4) is 22.3 Å². The highest BCUT2D eigenvalue weighted by Gasteiger charge is 2.25. The van der Waals surface area contributed by atoms with Gasteiger partial charge in [0.1, 0.15) is 41.0 Å². The van der Waals surface area contributed by atoms with Crippen LogP contribution >= 0.6 is 23.2 Å². The molecule has 0 saturated carbocycles. The van der Waals surface area contributed by atoms with Crippen molar-refractivity contribution in [2.75, 3.05) is 92.0 Å². The molecule has 83 heavy (non-hydrogen) atoms. The zero-order chi connectivity index (χ0) is 60.0. The maximum absolute atomic E-state index is 14.3. The minimum Gasteiger partial charge on any atom is -0.479 e. The Labute approximate surface area is 486 Å². The number of rotatable bonds is 23. The summed E-state index contributed by atoms with van der Waals surface area (Å²) in [4.78, 5) is 76.3. The number of carbonyl (C=O) groups is 6. The number of hydrazine groups is 2. The third-order valence-corrected chi connectivity index (χ3v) is 13.1. The Morgan fingerprint density at radius 1 is 0.639 bits per heavy atom. The number of halogens is 4. The number of aromatic nitrogens is 4. The van der Waals surface area contributed by atoms with Crippen LogP contribution in [0.1, 0.15) is 66.9 Å². The van der Waals surface area contributed by atoms with Gasteiger partial charge in [0.15, 0.2) is 23.8 Å². The molecule has 2 atom stereocenters. The lowest BCUT2D eigenvalue weighted by molar-refractivity contribution is -0.155. The summed E-state index contributed by atoms with van der Waals surface area (Å²) in [6.07, 6.45) is -3.32. The van der Waals surface area contributed by atoms with Crippen LogP contribution in [0, 0.1) is 11.6 Å². The molecule has 2 aliphatic rings. The van der Waals surface area contributed by atoms with E-state index >= 15 is 0 Å². The van der Waals surface area contributed by atoms with Crippen molar-refractivity contribution in [2.24, 2.45) is 0 Å². The number of nitrogens with zero attached hydrogens (tertiary/aromatic N) is 6. The molecular weight excluding hydrogens is 1130 g/mol. The second kappa shape index (κ2) is 32.4. The molecule has 0 unspecified atom stereocenters. The first-order valence-electron chi connectivity index (χ1n) is 26.1. The Hall–Kier alpha value is -7.40. The van der Waals surface area contributed by atoms with Crippen LogP contribution in [0.25, 0.3) is 22.3 Å². The summed E-state index contributed by atoms with van der Waals surface area (Å²) in [6.45, 7) is 9.99. The lowest BCUT2D eigenvalue weighted by Gasteiger charge is -2.27. The van der Waals surface area contributed by atoms with Crippen molar-refractivity contribution in [1.82, 2.24) is 51.1 Å². The van der Waals surface area contributed by atoms with Crippen molar-refractivity contribution in [1.29, 1.82) is 0 Å². The second-order valence-electron chi connectivity index (χ2n) is 18.9. The number of aromatic amines is 2. The van der Waals surface area contributed by atoms with Gasteiger partial charge >= 0.3 is 11.9 Å². The number of hydrogen-bond acceptors (Lipinski definition) is 18. The number of carbonyl (C=O) groups excluding carboxylic acids is 5. The highest BCUT2D eigenvalue weighted by molar-refractivity contribution is 6.31. The number of aliphatic carboxylic acids is 1. The molecule has 2 saturated heterocycles. The number of carboxylic acids is 1. The number of nitrogens with one attached hydrogen (secondary N) is 4. The smallest absolute Gasteiger partial charge is 0.336 e. The molecule has 0 aliphatic carbocycles. The molecule has 444 valence electrons. The maximum atomic E-state index is 14.3. The first-order valence-corrected chi connectivity index (χ1v) is 26.8. The highest BCUT2D eigenvalue weighted by Crippen LogP contribution is 2.28. The number of aliphatic hydroxyl groups excluding tert-OH is 3. The lowest BCUT2D eigenvalue weighted by atomic mass is 10.0. The monoisotopic (exact) mass is 1190 g/mol. The summed E-state index contributed by atoms with van der Waals surface area (Å²) < 4.78 is 44.1. The Kier molecular flexibility index (Phi) is 25.3. The van der Waals surface area contributed by atoms with Gasteiger partial charge in [0.25, 0.3) is 11.8 Å². The number of ether oxygens (including phenoxy) is 3. The van der Waals surface area contributed by atoms with Gasteiger partial charge in [-0.25, -0.2) is 28.4 Å². The van der Waals surface area contributed by atoms with E-state index in [1.54, 1.807) is 48.5 Å². The van der Waals surface area contributed by atoms with E-state index in [0.717, 1.165) is 45.9 Å². The van der Waals surface area contributed by atoms with E-state index in [4.69, 9.17) is 47.6 Å². The van der Waals surface area contributed by atoms with Crippen molar-refractivity contribution in [3.05, 3.63) is 153 Å². The van der Waals surface area contributed by atoms with Crippen LogP contribution in [0.2, 0.25) is 10.0 Å². The van der Waals surface area contributed by atoms with Gasteiger partial charge in [-0.1, -0.05) is 71.7 Å². The van der Waals surface area contributed by atoms with Crippen LogP contribution in [0.5, 0.6) is 0 Å². The highest BCUT2D eigenvalue weighted by atomic mass is 35.5. The predicted molar refractivity (Wildman–Crippen MR) is 299 cm³/mol. The molecule has 2 amide bonds. The van der Waals surface area contributed by atoms with E-state index in [1.165, 1.54) is 72.4 Å². The molecule has 6 aromatic rings. The summed E-state index contributed by atoms with van der Waals surface area (Å²) in [6, 6.07) is 24.6. The number of H-pyrrole nitrogens is 2. The van der Waals surface area contributed by atoms with Crippen molar-refractivity contribution in [2.45, 2.75) is 39.1 Å². The molecule has 2 fully saturated rings. The average molecular weight is 1190 g/mol. The summed E-state index contributed by atoms with van der Waals surface area (Å²) in [5.41, 5.74) is 8.48. The molecule has 4 aromatic carbocycles. The Morgan fingerprint density at radius 2 is 1.05 bits per heavy atom. The number of Topliss-reactive ketones (excluding diaryl/α,β-unsaturated/α-hetero) is 2. The van der Waals surface area contributed by atoms with Gasteiger partial charge in [0, 0.05) is 87.4 Å². The normalized spacial score (nSPS) is 14.3. The number of amides is 2. The SMILES string of the molecule is CC(=O)c1cc(C(=O)NN(Cc2ccc(-c3cc(Cl)ccc3F)cc2)C[C@@H](O)C(=O)O)[nH]n1.CC(=O)c1cc(C(=O)NN(Cc2ccc(-c3cc(Cl)ccc3F)cc2)C[C@@H](O)C(=O)OCCN2CCOCC2)[nH]n1.OCCN1CCOCC1. The lowest BCUT2D eigenvalue weighted by Crippen LogP contribution is -2.48. The third kappa shape index (κ3) is 20.8. The maximum Gasteiger partial charge on any atom is 0.336 e. The first kappa shape index (κ1) is 64.8. The fourth-order valence-corrected chi connectivity index (χ4v) is 8.48. The van der Waals surface area contributed by atoms with E-state index in [0.29, 0.717) is 63.2 Å². The standard InChI is InChI=1S/C28H31ClFN5O6.C22H20ClFN4O5.C6H13NO2/c1-18(36)24-15-25(32-31-24)27(38)33-35(17-26(37)28(39)41-13-10-34-8-11-40-12-9-34)16-19-2-4-20(5-3-19)22-14-21(29)6-7-23(22)30;1-12(29)18-9-19(26-25-18)21(31)27-28(11-20(30)22(32)33)10-13-2-4-14(5-3-13)16-8-15(23)6-7-17(16)24;8-4-1-7-2-5-9-6-3-7/h2-7,14-15,26,37H,8-13,16-17H2,1H3,(H,31,32)(H,33,38);2-9,20,30H,10-11H2,1H3,(H,25,26)(H,27,31)(H,32,33);8H,1-6H2/t26-;20-;/m11./s1. The molecule has 23 nitrogen and oxygen atoms in total. The first-order chi connectivity index (χ1) is 39.8. The number of benzene rings is 4. The Bertz CT molecular complexity index is 3120. The van der Waals surface area contributed by atoms with Gasteiger partial charge in [-0.3, -0.25) is 50.0 Å². The number of β-amino-alcohol motifs (C(OH)–C–C–N with tert-alkyl or cyclic N) is 1. The fourth-order valence-electron chi connectivity index (χ4n) is 8.13. The van der Waals surface area contributed by atoms with Gasteiger partial charge < -0.3 is 34.6 Å². The quantitative estimate of drug-likeness (QED) is 0.0250. The molecule has 4 heterocycles. The van der Waals surface area contributed by atoms with E-state index in [1.807, 2.05) is 0 Å². The summed E-state index contributed by atoms with van der Waals surface area (Å²) in [7, 11) is 0. The van der Waals surface area contributed by atoms with E-state index in [9.17, 15) is 47.8 Å². The van der Waals surface area contributed by atoms with Crippen molar-refractivity contribution >= 4 is 58.5 Å². The number of aliphatic hydroxyl groups is 3. The summed E-state index contributed by atoms with van der Waals surface area (Å²) in [5, 5.41) is 53.8. The molecule has 2 aromatic heterocycles. The van der Waals surface area contributed by atoms with Gasteiger partial charge in [-0.15, -0.1) is 0 Å². The summed E-state index contributed by atoms with van der Waals surface area (Å²) >= 11 is 12.0. The van der Waals surface area contributed by atoms with E-state index < -0.39 is 54.1 Å². The Morgan fingerprint density at radius 3 is 1.43 bits per heavy atom. The van der Waals surface area contributed by atoms with Gasteiger partial charge in [0.2, 0.25) is 0 Å². The molecule has 0 radical (unpaired) electrons. The van der Waals surface area contributed by atoms with Gasteiger partial charge in [-0.05, 0) is 70.8 Å². The van der Waals surface area contributed by atoms with Crippen LogP contribution in [-0.2, 0) is 36.9 Å². The predicted octanol–water partition coefficient (Wildman–Crippen LogP) is 4.43. The number of morpholine rings is 2. The van der Waals surface area contributed by atoms with E-state index in [2.05, 4.69) is 41.0 Å². The molecule has 8 rings (SSSR count). The van der Waals surface area contributed by atoms with Crippen LogP contribution in [0.15, 0.2) is 97.1 Å². The summed E-state index contributed by atoms with van der Waals surface area (Å²) in [5.74, 6) is -5.10. The zero-order valence-electron chi connectivity index (χ0n) is 45.4. The number of hydrogen-bond donors (Lipinski definition) is 8. The molecule has 8 N–H and O–H groups in total. The minimum atomic E-state index is -1.76. The number of carboxylic acid groups (broad SMARTS) is 1. The number of ketones is 2. The molecule has 2 aliphatic heterocycles. The topological polar surface area (TPSA) is 305 Å². The second-order valence-corrected chi connectivity index (χ2v) is 19.8. The molecule has 0 bridgehead atoms. The van der Waals surface area contributed by atoms with Gasteiger partial charge in [-0.2, -0.15) is 10.2 Å². The van der Waals surface area contributed by atoms with Crippen LogP contribution in [0.4, 0.5) is 8.78 Å². The zero-order valence-corrected chi connectivity index (χ0v) is 46.9. The van der Waals surface area contributed by atoms with Crippen LogP contribution in [0.3, 0.4) is 0 Å². The number of esters is 1. The third-order valence-electron chi connectivity index (χ3n) is 12.6. The fraction of sp³-hybridized carbons (Fsp3) is 0.357. The molecule has 0 spiro atoms. The van der Waals surface area contributed by atoms with Crippen molar-refractivity contribution < 1.29 is 72.2 Å². The Balaban J connectivity index is 0.000000235. The van der Waals surface area contributed by atoms with E-state index in [-0.39, 0.29) is 67.2 Å².